The maximum Gasteiger partial charge on any atom is 0.265 e. The predicted octanol–water partition coefficient (Wildman–Crippen LogP) is 3.01. The van der Waals surface area contributed by atoms with Crippen LogP contribution in [0.3, 0.4) is 0 Å². The third-order valence-electron chi connectivity index (χ3n) is 4.90. The maximum atomic E-state index is 13.3. The van der Waals surface area contributed by atoms with Crippen molar-refractivity contribution < 1.29 is 33.0 Å². The van der Waals surface area contributed by atoms with Gasteiger partial charge in [-0.25, -0.2) is 4.39 Å². The van der Waals surface area contributed by atoms with Gasteiger partial charge in [-0.15, -0.1) is 0 Å². The van der Waals surface area contributed by atoms with E-state index >= 15 is 0 Å². The highest BCUT2D eigenvalue weighted by molar-refractivity contribution is 6.30. The Morgan fingerprint density at radius 3 is 2.82 bits per heavy atom. The zero-order chi connectivity index (χ0) is 23.8. The molecule has 2 aromatic rings. The van der Waals surface area contributed by atoms with E-state index in [1.165, 1.54) is 17.0 Å². The molecule has 0 saturated carbocycles. The van der Waals surface area contributed by atoms with Crippen molar-refractivity contribution in [1.82, 2.24) is 5.32 Å². The molecule has 0 atom stereocenters. The molecule has 1 aliphatic heterocycles. The first-order chi connectivity index (χ1) is 15.9. The number of methoxy groups -OCH3 is 1. The quantitative estimate of drug-likeness (QED) is 0.394. The van der Waals surface area contributed by atoms with Crippen molar-refractivity contribution in [2.75, 3.05) is 44.9 Å². The molecule has 0 unspecified atom stereocenters. The van der Waals surface area contributed by atoms with Crippen LogP contribution in [-0.2, 0) is 14.3 Å². The SMILES string of the molecule is COCCNC(=O)CCCN1C(=O)COc2ccc(C(=O)COc3ccc(F)c(Cl)c3)cc21. The van der Waals surface area contributed by atoms with Crippen molar-refractivity contribution >= 4 is 34.9 Å². The first-order valence-corrected chi connectivity index (χ1v) is 10.7. The van der Waals surface area contributed by atoms with Gasteiger partial charge < -0.3 is 24.4 Å². The molecule has 0 radical (unpaired) electrons. The Kier molecular flexibility index (Phi) is 8.62. The Morgan fingerprint density at radius 2 is 2.06 bits per heavy atom. The number of benzene rings is 2. The Bertz CT molecular complexity index is 1030. The molecule has 2 amide bonds. The Labute approximate surface area is 195 Å². The van der Waals surface area contributed by atoms with Gasteiger partial charge >= 0.3 is 0 Å². The van der Waals surface area contributed by atoms with Crippen molar-refractivity contribution in [3.05, 3.63) is 52.8 Å². The molecule has 0 aromatic heterocycles. The minimum Gasteiger partial charge on any atom is -0.485 e. The van der Waals surface area contributed by atoms with Crippen LogP contribution < -0.4 is 19.7 Å². The summed E-state index contributed by atoms with van der Waals surface area (Å²) in [6, 6.07) is 8.58. The lowest BCUT2D eigenvalue weighted by Crippen LogP contribution is -2.40. The van der Waals surface area contributed by atoms with Crippen LogP contribution in [0.5, 0.6) is 11.5 Å². The Hall–Kier alpha value is -3.17. The van der Waals surface area contributed by atoms with E-state index in [0.717, 1.165) is 6.07 Å². The summed E-state index contributed by atoms with van der Waals surface area (Å²) in [6.45, 7) is 0.739. The molecule has 176 valence electrons. The van der Waals surface area contributed by atoms with Gasteiger partial charge in [-0.05, 0) is 36.8 Å². The fourth-order valence-electron chi connectivity index (χ4n) is 3.20. The fourth-order valence-corrected chi connectivity index (χ4v) is 3.37. The zero-order valence-electron chi connectivity index (χ0n) is 18.1. The summed E-state index contributed by atoms with van der Waals surface area (Å²) in [4.78, 5) is 38.4. The van der Waals surface area contributed by atoms with Crippen LogP contribution >= 0.6 is 11.6 Å². The number of fused-ring (bicyclic) bond motifs is 1. The summed E-state index contributed by atoms with van der Waals surface area (Å²) >= 11 is 5.73. The molecule has 0 aliphatic carbocycles. The normalized spacial score (nSPS) is 12.7. The number of carbonyl (C=O) groups excluding carboxylic acids is 3. The van der Waals surface area contributed by atoms with E-state index < -0.39 is 5.82 Å². The summed E-state index contributed by atoms with van der Waals surface area (Å²) in [7, 11) is 1.55. The summed E-state index contributed by atoms with van der Waals surface area (Å²) < 4.78 is 29.0. The number of ketones is 1. The number of nitrogens with one attached hydrogen (secondary N) is 1. The molecule has 2 aromatic carbocycles. The van der Waals surface area contributed by atoms with Crippen LogP contribution in [0.2, 0.25) is 5.02 Å². The molecule has 1 N–H and O–H groups in total. The largest absolute Gasteiger partial charge is 0.485 e. The van der Waals surface area contributed by atoms with Crippen molar-refractivity contribution in [1.29, 1.82) is 0 Å². The topological polar surface area (TPSA) is 94.2 Å². The third kappa shape index (κ3) is 6.66. The van der Waals surface area contributed by atoms with E-state index in [0.29, 0.717) is 43.1 Å². The van der Waals surface area contributed by atoms with Gasteiger partial charge in [-0.3, -0.25) is 14.4 Å². The molecule has 0 spiro atoms. The number of Topliss-reactive ketones (excluding diaryl/α,β-unsaturated/α-hetero) is 1. The monoisotopic (exact) mass is 478 g/mol. The molecule has 0 bridgehead atoms. The number of anilines is 1. The smallest absolute Gasteiger partial charge is 0.265 e. The molecule has 1 aliphatic rings. The molecule has 1 heterocycles. The minimum atomic E-state index is -0.581. The molecule has 33 heavy (non-hydrogen) atoms. The molecule has 8 nitrogen and oxygen atoms in total. The molecular formula is C23H24ClFN2O6. The van der Waals surface area contributed by atoms with Gasteiger partial charge in [-0.1, -0.05) is 11.6 Å². The number of rotatable bonds is 11. The van der Waals surface area contributed by atoms with Gasteiger partial charge in [0.1, 0.15) is 17.3 Å². The van der Waals surface area contributed by atoms with Crippen LogP contribution in [0.1, 0.15) is 23.2 Å². The van der Waals surface area contributed by atoms with Gasteiger partial charge in [-0.2, -0.15) is 0 Å². The number of halogens is 2. The second-order valence-electron chi connectivity index (χ2n) is 7.25. The number of ether oxygens (including phenoxy) is 3. The highest BCUT2D eigenvalue weighted by Crippen LogP contribution is 2.33. The summed E-state index contributed by atoms with van der Waals surface area (Å²) in [5, 5.41) is 2.63. The minimum absolute atomic E-state index is 0.104. The first kappa shape index (κ1) is 24.5. The Morgan fingerprint density at radius 1 is 1.24 bits per heavy atom. The Balaban J connectivity index is 1.62. The molecule has 3 rings (SSSR count). The lowest BCUT2D eigenvalue weighted by atomic mass is 10.1. The molecule has 0 fully saturated rings. The van der Waals surface area contributed by atoms with E-state index in [4.69, 9.17) is 25.8 Å². The average molecular weight is 479 g/mol. The van der Waals surface area contributed by atoms with Crippen LogP contribution in [0.4, 0.5) is 10.1 Å². The predicted molar refractivity (Wildman–Crippen MR) is 120 cm³/mol. The van der Waals surface area contributed by atoms with E-state index in [1.54, 1.807) is 25.3 Å². The zero-order valence-corrected chi connectivity index (χ0v) is 18.8. The highest BCUT2D eigenvalue weighted by Gasteiger charge is 2.26. The van der Waals surface area contributed by atoms with Crippen molar-refractivity contribution in [3.8, 4) is 11.5 Å². The fraction of sp³-hybridized carbons (Fsp3) is 0.348. The van der Waals surface area contributed by atoms with Crippen molar-refractivity contribution in [2.24, 2.45) is 0 Å². The van der Waals surface area contributed by atoms with E-state index in [9.17, 15) is 18.8 Å². The average Bonchev–Trinajstić information content (AvgIpc) is 2.81. The van der Waals surface area contributed by atoms with Crippen LogP contribution in [0.25, 0.3) is 0 Å². The first-order valence-electron chi connectivity index (χ1n) is 10.3. The number of nitrogens with zero attached hydrogens (tertiary/aromatic N) is 1. The van der Waals surface area contributed by atoms with Gasteiger partial charge in [0.25, 0.3) is 5.91 Å². The van der Waals surface area contributed by atoms with Gasteiger partial charge in [0.15, 0.2) is 19.0 Å². The maximum absolute atomic E-state index is 13.3. The highest BCUT2D eigenvalue weighted by atomic mass is 35.5. The lowest BCUT2D eigenvalue weighted by molar-refractivity contribution is -0.123. The van der Waals surface area contributed by atoms with Gasteiger partial charge in [0.05, 0.1) is 17.3 Å². The molecule has 10 heteroatoms. The van der Waals surface area contributed by atoms with E-state index in [1.807, 2.05) is 0 Å². The standard InChI is InChI=1S/C23H24ClFN2O6/c1-31-10-8-26-22(29)3-2-9-27-19-11-15(4-7-21(19)33-14-23(27)30)20(28)13-32-16-5-6-18(25)17(24)12-16/h4-7,11-12H,2-3,8-10,13-14H2,1H3,(H,26,29). The van der Waals surface area contributed by atoms with Crippen molar-refractivity contribution in [3.63, 3.8) is 0 Å². The second-order valence-corrected chi connectivity index (χ2v) is 7.66. The number of amides is 2. The van der Waals surface area contributed by atoms with E-state index in [2.05, 4.69) is 5.32 Å². The molecular weight excluding hydrogens is 455 g/mol. The van der Waals surface area contributed by atoms with Gasteiger partial charge in [0.2, 0.25) is 5.91 Å². The van der Waals surface area contributed by atoms with Crippen LogP contribution in [0.15, 0.2) is 36.4 Å². The molecule has 0 saturated heterocycles. The third-order valence-corrected chi connectivity index (χ3v) is 5.19. The second kappa shape index (κ2) is 11.6. The number of carbonyl (C=O) groups is 3. The number of hydrogen-bond donors (Lipinski definition) is 1. The summed E-state index contributed by atoms with van der Waals surface area (Å²) in [5.41, 5.74) is 0.782. The van der Waals surface area contributed by atoms with Crippen LogP contribution in [-0.4, -0.2) is 57.6 Å². The van der Waals surface area contributed by atoms with E-state index in [-0.39, 0.29) is 48.0 Å². The van der Waals surface area contributed by atoms with Crippen molar-refractivity contribution in [2.45, 2.75) is 12.8 Å². The summed E-state index contributed by atoms with van der Waals surface area (Å²) in [5.74, 6) is -0.575. The lowest BCUT2D eigenvalue weighted by Gasteiger charge is -2.29. The number of hydrogen-bond acceptors (Lipinski definition) is 6. The summed E-state index contributed by atoms with van der Waals surface area (Å²) in [6.07, 6.45) is 0.687. The van der Waals surface area contributed by atoms with Crippen LogP contribution in [0, 0.1) is 5.82 Å². The van der Waals surface area contributed by atoms with Gasteiger partial charge in [0, 0.05) is 38.2 Å².